The minimum atomic E-state index is -1.44. The summed E-state index contributed by atoms with van der Waals surface area (Å²) in [5, 5.41) is 14.9. The predicted octanol–water partition coefficient (Wildman–Crippen LogP) is 0.720. The zero-order valence-electron chi connectivity index (χ0n) is 24.1. The number of carboxylic acid groups (broad SMARTS) is 1. The summed E-state index contributed by atoms with van der Waals surface area (Å²) in [5.41, 5.74) is 3.87. The Bertz CT molecular complexity index is 1300. The Kier molecular flexibility index (Phi) is 11.8. The van der Waals surface area contributed by atoms with Crippen LogP contribution in [0.1, 0.15) is 38.3 Å². The SMILES string of the molecule is CC(C)[C@H](NC(=O)CCc1ccccc1)C(=O)N[C@@H](C)C(=O)NN(CC(=O)O)C(=O)[C@@H]1O[C@H]1C(=O)OCc1ccccc1. The van der Waals surface area contributed by atoms with E-state index in [9.17, 15) is 33.9 Å². The minimum absolute atomic E-state index is 0.0436. The molecule has 0 unspecified atom stereocenters. The number of esters is 1. The zero-order valence-corrected chi connectivity index (χ0v) is 24.1. The van der Waals surface area contributed by atoms with Crippen molar-refractivity contribution in [2.75, 3.05) is 6.54 Å². The molecule has 3 rings (SSSR count). The highest BCUT2D eigenvalue weighted by molar-refractivity contribution is 5.96. The Morgan fingerprint density at radius 3 is 2.05 bits per heavy atom. The molecule has 0 radical (unpaired) electrons. The van der Waals surface area contributed by atoms with Crippen molar-refractivity contribution in [2.24, 2.45) is 5.92 Å². The highest BCUT2D eigenvalue weighted by Crippen LogP contribution is 2.25. The molecular weight excluding hydrogens is 560 g/mol. The first-order valence-electron chi connectivity index (χ1n) is 13.8. The van der Waals surface area contributed by atoms with Gasteiger partial charge >= 0.3 is 11.9 Å². The predicted molar refractivity (Wildman–Crippen MR) is 152 cm³/mol. The van der Waals surface area contributed by atoms with E-state index in [4.69, 9.17) is 9.47 Å². The van der Waals surface area contributed by atoms with Crippen molar-refractivity contribution in [3.05, 3.63) is 71.8 Å². The number of carboxylic acids is 1. The standard InChI is InChI=1S/C30H36N4O9/c1-18(2)24(32-22(35)15-14-20-10-6-4-7-11-20)28(39)31-19(3)27(38)33-34(16-23(36)37)29(40)25-26(43-25)30(41)42-17-21-12-8-5-9-13-21/h4-13,18-19,24-26H,14-17H2,1-3H3,(H,31,39)(H,32,35)(H,33,38)(H,36,37)/t19-,24-,25+,26+/m0/s1. The number of hydrazine groups is 1. The molecule has 230 valence electrons. The molecule has 1 heterocycles. The Morgan fingerprint density at radius 1 is 0.860 bits per heavy atom. The molecule has 2 aromatic carbocycles. The fraction of sp³-hybridized carbons (Fsp3) is 0.400. The van der Waals surface area contributed by atoms with Gasteiger partial charge in [0.15, 0.2) is 12.2 Å². The van der Waals surface area contributed by atoms with Gasteiger partial charge in [-0.1, -0.05) is 74.5 Å². The van der Waals surface area contributed by atoms with Crippen LogP contribution < -0.4 is 16.1 Å². The molecule has 13 heteroatoms. The van der Waals surface area contributed by atoms with E-state index >= 15 is 0 Å². The number of ether oxygens (including phenoxy) is 2. The summed E-state index contributed by atoms with van der Waals surface area (Å²) in [6, 6.07) is 16.1. The van der Waals surface area contributed by atoms with Crippen LogP contribution in [-0.2, 0) is 51.3 Å². The normalized spacial score (nSPS) is 16.7. The largest absolute Gasteiger partial charge is 0.480 e. The Morgan fingerprint density at radius 2 is 1.47 bits per heavy atom. The van der Waals surface area contributed by atoms with E-state index in [1.54, 1.807) is 44.2 Å². The molecule has 4 N–H and O–H groups in total. The van der Waals surface area contributed by atoms with Crippen molar-refractivity contribution in [2.45, 2.75) is 64.5 Å². The van der Waals surface area contributed by atoms with Crippen LogP contribution in [-0.4, -0.2) is 76.5 Å². The van der Waals surface area contributed by atoms with Gasteiger partial charge in [0.05, 0.1) is 0 Å². The average Bonchev–Trinajstić information content (AvgIpc) is 3.78. The molecule has 4 amide bonds. The summed E-state index contributed by atoms with van der Waals surface area (Å²) < 4.78 is 10.3. The van der Waals surface area contributed by atoms with Crippen molar-refractivity contribution in [3.63, 3.8) is 0 Å². The van der Waals surface area contributed by atoms with Gasteiger partial charge in [0.25, 0.3) is 11.8 Å². The number of benzene rings is 2. The zero-order chi connectivity index (χ0) is 31.5. The van der Waals surface area contributed by atoms with Gasteiger partial charge in [0.1, 0.15) is 25.2 Å². The van der Waals surface area contributed by atoms with E-state index in [1.807, 2.05) is 30.3 Å². The van der Waals surface area contributed by atoms with Crippen LogP contribution in [0.2, 0.25) is 0 Å². The number of aryl methyl sites for hydroxylation is 1. The van der Waals surface area contributed by atoms with E-state index in [2.05, 4.69) is 16.1 Å². The second-order valence-corrected chi connectivity index (χ2v) is 10.4. The number of rotatable bonds is 14. The number of nitrogens with one attached hydrogen (secondary N) is 3. The molecule has 0 saturated carbocycles. The number of carbonyl (C=O) groups is 6. The Labute approximate surface area is 248 Å². The molecule has 0 aromatic heterocycles. The van der Waals surface area contributed by atoms with E-state index in [1.165, 1.54) is 6.92 Å². The maximum Gasteiger partial charge on any atom is 0.338 e. The van der Waals surface area contributed by atoms with Crippen LogP contribution in [0.3, 0.4) is 0 Å². The summed E-state index contributed by atoms with van der Waals surface area (Å²) in [6.07, 6.45) is -1.95. The topological polar surface area (TPSA) is 184 Å². The van der Waals surface area contributed by atoms with Crippen molar-refractivity contribution in [1.82, 2.24) is 21.1 Å². The lowest BCUT2D eigenvalue weighted by Crippen LogP contribution is -2.58. The highest BCUT2D eigenvalue weighted by atomic mass is 16.6. The van der Waals surface area contributed by atoms with Crippen LogP contribution in [0.25, 0.3) is 0 Å². The fourth-order valence-electron chi connectivity index (χ4n) is 4.03. The lowest BCUT2D eigenvalue weighted by atomic mass is 10.0. The lowest BCUT2D eigenvalue weighted by Gasteiger charge is -2.26. The number of amides is 4. The summed E-state index contributed by atoms with van der Waals surface area (Å²) in [6.45, 7) is 3.83. The molecule has 1 aliphatic heterocycles. The molecule has 0 spiro atoms. The lowest BCUT2D eigenvalue weighted by molar-refractivity contribution is -0.151. The number of hydrogen-bond donors (Lipinski definition) is 4. The van der Waals surface area contributed by atoms with E-state index < -0.39 is 60.5 Å². The number of aliphatic carboxylic acids is 1. The van der Waals surface area contributed by atoms with E-state index in [0.717, 1.165) is 11.1 Å². The summed E-state index contributed by atoms with van der Waals surface area (Å²) in [5.74, 6) is -5.40. The maximum atomic E-state index is 13.0. The Hall–Kier alpha value is -4.78. The Balaban J connectivity index is 1.52. The van der Waals surface area contributed by atoms with Crippen LogP contribution in [0.4, 0.5) is 0 Å². The first kappa shape index (κ1) is 32.7. The first-order chi connectivity index (χ1) is 20.5. The first-order valence-corrected chi connectivity index (χ1v) is 13.8. The van der Waals surface area contributed by atoms with Crippen LogP contribution >= 0.6 is 0 Å². The van der Waals surface area contributed by atoms with Crippen LogP contribution in [0, 0.1) is 5.92 Å². The van der Waals surface area contributed by atoms with Gasteiger partial charge < -0.3 is 25.2 Å². The van der Waals surface area contributed by atoms with Gasteiger partial charge in [-0.2, -0.15) is 0 Å². The summed E-state index contributed by atoms with van der Waals surface area (Å²) >= 11 is 0. The average molecular weight is 597 g/mol. The second kappa shape index (κ2) is 15.4. The highest BCUT2D eigenvalue weighted by Gasteiger charge is 2.53. The number of epoxide rings is 1. The third-order valence-electron chi connectivity index (χ3n) is 6.50. The van der Waals surface area contributed by atoms with Gasteiger partial charge in [-0.05, 0) is 30.4 Å². The maximum absolute atomic E-state index is 13.0. The number of hydrogen-bond acceptors (Lipinski definition) is 8. The third-order valence-corrected chi connectivity index (χ3v) is 6.50. The van der Waals surface area contributed by atoms with Crippen molar-refractivity contribution in [3.8, 4) is 0 Å². The summed E-state index contributed by atoms with van der Waals surface area (Å²) in [4.78, 5) is 74.9. The molecular formula is C30H36N4O9. The molecule has 43 heavy (non-hydrogen) atoms. The fourth-order valence-corrected chi connectivity index (χ4v) is 4.03. The molecule has 4 atom stereocenters. The molecule has 1 aliphatic rings. The van der Waals surface area contributed by atoms with Crippen LogP contribution in [0.15, 0.2) is 60.7 Å². The van der Waals surface area contributed by atoms with E-state index in [0.29, 0.717) is 11.4 Å². The van der Waals surface area contributed by atoms with Gasteiger partial charge in [-0.3, -0.25) is 29.4 Å². The smallest absolute Gasteiger partial charge is 0.338 e. The monoisotopic (exact) mass is 596 g/mol. The molecule has 2 aromatic rings. The quantitative estimate of drug-likeness (QED) is 0.139. The molecule has 1 fully saturated rings. The molecule has 13 nitrogen and oxygen atoms in total. The van der Waals surface area contributed by atoms with Crippen molar-refractivity contribution < 1.29 is 43.3 Å². The van der Waals surface area contributed by atoms with Gasteiger partial charge in [0.2, 0.25) is 11.8 Å². The molecule has 0 bridgehead atoms. The summed E-state index contributed by atoms with van der Waals surface area (Å²) in [7, 11) is 0. The minimum Gasteiger partial charge on any atom is -0.480 e. The number of nitrogens with zero attached hydrogens (tertiary/aromatic N) is 1. The molecule has 1 saturated heterocycles. The number of carbonyl (C=O) groups excluding carboxylic acids is 5. The van der Waals surface area contributed by atoms with Gasteiger partial charge in [-0.15, -0.1) is 0 Å². The van der Waals surface area contributed by atoms with E-state index in [-0.39, 0.29) is 24.9 Å². The third kappa shape index (κ3) is 10.2. The van der Waals surface area contributed by atoms with Crippen LogP contribution in [0.5, 0.6) is 0 Å². The van der Waals surface area contributed by atoms with Crippen molar-refractivity contribution >= 4 is 35.6 Å². The van der Waals surface area contributed by atoms with Gasteiger partial charge in [0, 0.05) is 6.42 Å². The van der Waals surface area contributed by atoms with Gasteiger partial charge in [-0.25, -0.2) is 9.80 Å². The molecule has 0 aliphatic carbocycles. The van der Waals surface area contributed by atoms with Crippen molar-refractivity contribution in [1.29, 1.82) is 0 Å². The second-order valence-electron chi connectivity index (χ2n) is 10.4.